The van der Waals surface area contributed by atoms with Gasteiger partial charge in [-0.1, -0.05) is 24.1 Å². The van der Waals surface area contributed by atoms with E-state index in [2.05, 4.69) is 10.1 Å². The van der Waals surface area contributed by atoms with Crippen LogP contribution in [-0.2, 0) is 14.3 Å². The molecule has 1 aromatic carbocycles. The molecule has 1 N–H and O–H groups in total. The number of esters is 1. The number of nitrogens with one attached hydrogen (secondary N) is 1. The molecule has 0 radical (unpaired) electrons. The van der Waals surface area contributed by atoms with Crippen molar-refractivity contribution in [2.24, 2.45) is 0 Å². The van der Waals surface area contributed by atoms with Crippen LogP contribution in [0.25, 0.3) is 6.08 Å². The normalized spacial score (nSPS) is 10.7. The fourth-order valence-corrected chi connectivity index (χ4v) is 1.90. The lowest BCUT2D eigenvalue weighted by Crippen LogP contribution is -2.22. The van der Waals surface area contributed by atoms with Crippen molar-refractivity contribution < 1.29 is 18.7 Å². The predicted molar refractivity (Wildman–Crippen MR) is 83.9 cm³/mol. The number of benzene rings is 1. The summed E-state index contributed by atoms with van der Waals surface area (Å²) in [4.78, 5) is 22.4. The third kappa shape index (κ3) is 7.22. The van der Waals surface area contributed by atoms with Crippen molar-refractivity contribution in [2.45, 2.75) is 25.7 Å². The van der Waals surface area contributed by atoms with Crippen molar-refractivity contribution in [2.75, 3.05) is 13.7 Å². The van der Waals surface area contributed by atoms with Gasteiger partial charge in [-0.15, -0.1) is 0 Å². The maximum absolute atomic E-state index is 13.5. The van der Waals surface area contributed by atoms with E-state index in [1.807, 2.05) is 0 Å². The summed E-state index contributed by atoms with van der Waals surface area (Å²) < 4.78 is 18.0. The van der Waals surface area contributed by atoms with Crippen molar-refractivity contribution in [3.05, 3.63) is 40.7 Å². The quantitative estimate of drug-likeness (QED) is 0.452. The van der Waals surface area contributed by atoms with Crippen LogP contribution in [0.1, 0.15) is 31.2 Å². The Balaban J connectivity index is 2.23. The molecule has 1 amide bonds. The van der Waals surface area contributed by atoms with E-state index in [1.165, 1.54) is 31.4 Å². The van der Waals surface area contributed by atoms with Crippen LogP contribution in [0.5, 0.6) is 0 Å². The lowest BCUT2D eigenvalue weighted by atomic mass is 10.2. The van der Waals surface area contributed by atoms with Gasteiger partial charge in [-0.2, -0.15) is 0 Å². The summed E-state index contributed by atoms with van der Waals surface area (Å²) in [6, 6.07) is 4.26. The number of amides is 1. The first kappa shape index (κ1) is 18.2. The first-order valence-corrected chi connectivity index (χ1v) is 7.38. The van der Waals surface area contributed by atoms with Gasteiger partial charge >= 0.3 is 5.97 Å². The highest BCUT2D eigenvalue weighted by atomic mass is 35.5. The number of hydrogen-bond acceptors (Lipinski definition) is 3. The van der Waals surface area contributed by atoms with Gasteiger partial charge in [0.1, 0.15) is 5.82 Å². The standard InChI is InChI=1S/C16H19ClFNO3/c1-22-16(21)5-3-2-4-10-19-15(20)9-7-12-6-8-13(17)11-14(12)18/h6-9,11H,2-5,10H2,1H3,(H,19,20). The second kappa shape index (κ2) is 9.95. The number of carbonyl (C=O) groups is 2. The maximum Gasteiger partial charge on any atom is 0.305 e. The summed E-state index contributed by atoms with van der Waals surface area (Å²) in [6.07, 6.45) is 5.39. The molecule has 0 aliphatic heterocycles. The Kier molecular flexibility index (Phi) is 8.22. The van der Waals surface area contributed by atoms with Crippen molar-refractivity contribution in [1.29, 1.82) is 0 Å². The number of rotatable bonds is 8. The minimum Gasteiger partial charge on any atom is -0.469 e. The first-order valence-electron chi connectivity index (χ1n) is 7.00. The molecule has 0 unspecified atom stereocenters. The fourth-order valence-electron chi connectivity index (χ4n) is 1.75. The largest absolute Gasteiger partial charge is 0.469 e. The van der Waals surface area contributed by atoms with Crippen LogP contribution >= 0.6 is 11.6 Å². The van der Waals surface area contributed by atoms with E-state index >= 15 is 0 Å². The van der Waals surface area contributed by atoms with Crippen LogP contribution in [-0.4, -0.2) is 25.5 Å². The van der Waals surface area contributed by atoms with Crippen LogP contribution in [0, 0.1) is 5.82 Å². The Bertz CT molecular complexity index is 546. The predicted octanol–water partition coefficient (Wildman–Crippen LogP) is 3.34. The molecule has 1 aromatic rings. The molecule has 1 rings (SSSR count). The lowest BCUT2D eigenvalue weighted by Gasteiger charge is -2.02. The smallest absolute Gasteiger partial charge is 0.305 e. The molecular formula is C16H19ClFNO3. The topological polar surface area (TPSA) is 55.4 Å². The third-order valence-electron chi connectivity index (χ3n) is 2.96. The number of unbranched alkanes of at least 4 members (excludes halogenated alkanes) is 2. The highest BCUT2D eigenvalue weighted by Crippen LogP contribution is 2.15. The monoisotopic (exact) mass is 327 g/mol. The second-order valence-corrected chi connectivity index (χ2v) is 5.11. The molecule has 6 heteroatoms. The Labute approximate surface area is 134 Å². The second-order valence-electron chi connectivity index (χ2n) is 4.68. The summed E-state index contributed by atoms with van der Waals surface area (Å²) in [6.45, 7) is 0.507. The molecule has 0 fully saturated rings. The molecule has 0 aliphatic carbocycles. The summed E-state index contributed by atoms with van der Waals surface area (Å²) in [5.41, 5.74) is 0.303. The molecule has 4 nitrogen and oxygen atoms in total. The molecule has 0 aliphatic rings. The average Bonchev–Trinajstić information content (AvgIpc) is 2.49. The molecule has 0 bridgehead atoms. The van der Waals surface area contributed by atoms with Gasteiger partial charge in [0.05, 0.1) is 7.11 Å². The van der Waals surface area contributed by atoms with Gasteiger partial charge in [-0.25, -0.2) is 4.39 Å². The van der Waals surface area contributed by atoms with Gasteiger partial charge in [0.15, 0.2) is 0 Å². The van der Waals surface area contributed by atoms with Crippen molar-refractivity contribution in [3.63, 3.8) is 0 Å². The summed E-state index contributed by atoms with van der Waals surface area (Å²) in [7, 11) is 1.36. The number of ether oxygens (including phenoxy) is 1. The highest BCUT2D eigenvalue weighted by molar-refractivity contribution is 6.30. The zero-order valence-electron chi connectivity index (χ0n) is 12.4. The Hall–Kier alpha value is -1.88. The summed E-state index contributed by atoms with van der Waals surface area (Å²) in [5, 5.41) is 3.01. The summed E-state index contributed by atoms with van der Waals surface area (Å²) in [5.74, 6) is -0.987. The molecule has 120 valence electrons. The van der Waals surface area contributed by atoms with Gasteiger partial charge in [0.25, 0.3) is 0 Å². The number of halogens is 2. The van der Waals surface area contributed by atoms with Crippen LogP contribution in [0.15, 0.2) is 24.3 Å². The fraction of sp³-hybridized carbons (Fsp3) is 0.375. The average molecular weight is 328 g/mol. The van der Waals surface area contributed by atoms with Gasteiger partial charge in [-0.3, -0.25) is 9.59 Å². The zero-order chi connectivity index (χ0) is 16.4. The number of hydrogen-bond donors (Lipinski definition) is 1. The molecule has 0 saturated carbocycles. The van der Waals surface area contributed by atoms with E-state index in [-0.39, 0.29) is 11.9 Å². The summed E-state index contributed by atoms with van der Waals surface area (Å²) >= 11 is 5.65. The van der Waals surface area contributed by atoms with Crippen LogP contribution < -0.4 is 5.32 Å². The van der Waals surface area contributed by atoms with Gasteiger partial charge in [0.2, 0.25) is 5.91 Å². The first-order chi connectivity index (χ1) is 10.5. The van der Waals surface area contributed by atoms with Gasteiger partial charge in [0, 0.05) is 29.6 Å². The zero-order valence-corrected chi connectivity index (χ0v) is 13.2. The molecule has 0 saturated heterocycles. The van der Waals surface area contributed by atoms with E-state index in [1.54, 1.807) is 6.07 Å². The molecule has 22 heavy (non-hydrogen) atoms. The molecular weight excluding hydrogens is 309 g/mol. The van der Waals surface area contributed by atoms with Crippen molar-refractivity contribution in [1.82, 2.24) is 5.32 Å². The third-order valence-corrected chi connectivity index (χ3v) is 3.20. The molecule has 0 spiro atoms. The lowest BCUT2D eigenvalue weighted by molar-refractivity contribution is -0.140. The van der Waals surface area contributed by atoms with E-state index in [0.717, 1.165) is 19.3 Å². The number of methoxy groups -OCH3 is 1. The van der Waals surface area contributed by atoms with Crippen LogP contribution in [0.2, 0.25) is 5.02 Å². The molecule has 0 aromatic heterocycles. The van der Waals surface area contributed by atoms with Crippen LogP contribution in [0.3, 0.4) is 0 Å². The Morgan fingerprint density at radius 1 is 1.32 bits per heavy atom. The van der Waals surface area contributed by atoms with Gasteiger partial charge < -0.3 is 10.1 Å². The molecule has 0 heterocycles. The van der Waals surface area contributed by atoms with E-state index in [9.17, 15) is 14.0 Å². The number of carbonyl (C=O) groups excluding carboxylic acids is 2. The van der Waals surface area contributed by atoms with Crippen molar-refractivity contribution >= 4 is 29.6 Å². The van der Waals surface area contributed by atoms with E-state index in [4.69, 9.17) is 11.6 Å². The minimum atomic E-state index is -0.473. The minimum absolute atomic E-state index is 0.225. The van der Waals surface area contributed by atoms with E-state index < -0.39 is 5.82 Å². The highest BCUT2D eigenvalue weighted by Gasteiger charge is 2.01. The molecule has 0 atom stereocenters. The van der Waals surface area contributed by atoms with Crippen molar-refractivity contribution in [3.8, 4) is 0 Å². The Morgan fingerprint density at radius 2 is 2.09 bits per heavy atom. The maximum atomic E-state index is 13.5. The SMILES string of the molecule is COC(=O)CCCCCNC(=O)C=Cc1ccc(Cl)cc1F. The van der Waals surface area contributed by atoms with E-state index in [0.29, 0.717) is 23.6 Å². The van der Waals surface area contributed by atoms with Gasteiger partial charge in [-0.05, 0) is 31.1 Å². The Morgan fingerprint density at radius 3 is 2.77 bits per heavy atom. The van der Waals surface area contributed by atoms with Crippen LogP contribution in [0.4, 0.5) is 4.39 Å².